The zero-order valence-corrected chi connectivity index (χ0v) is 19.5. The van der Waals surface area contributed by atoms with Gasteiger partial charge in [-0.1, -0.05) is 35.5 Å². The largest absolute Gasteiger partial charge is 0.462 e. The molecule has 1 heterocycles. The number of carbonyl (C=O) groups is 3. The predicted molar refractivity (Wildman–Crippen MR) is 125 cm³/mol. The molecule has 10 heteroatoms. The quantitative estimate of drug-likeness (QED) is 0.486. The van der Waals surface area contributed by atoms with Crippen LogP contribution < -0.4 is 10.6 Å². The number of alkyl carbamates (subject to hydrolysis) is 1. The Bertz CT molecular complexity index is 997. The Morgan fingerprint density at radius 2 is 1.85 bits per heavy atom. The van der Waals surface area contributed by atoms with Crippen molar-refractivity contribution in [2.75, 3.05) is 11.9 Å². The number of hydrogen-bond donors (Lipinski definition) is 2. The van der Waals surface area contributed by atoms with Crippen molar-refractivity contribution in [1.82, 2.24) is 5.32 Å². The molecule has 0 radical (unpaired) electrons. The lowest BCUT2D eigenvalue weighted by Gasteiger charge is -2.20. The molecule has 2 aromatic carbocycles. The Kier molecular flexibility index (Phi) is 8.82. The van der Waals surface area contributed by atoms with E-state index >= 15 is 0 Å². The second kappa shape index (κ2) is 12.0. The molecule has 174 valence electrons. The number of anilines is 1. The van der Waals surface area contributed by atoms with Gasteiger partial charge in [0.1, 0.15) is 23.4 Å². The molecule has 9 nitrogen and oxygen atoms in total. The highest BCUT2D eigenvalue weighted by Gasteiger charge is 2.29. The molecule has 2 N–H and O–H groups in total. The lowest BCUT2D eigenvalue weighted by molar-refractivity contribution is -0.119. The molecule has 0 saturated heterocycles. The third kappa shape index (κ3) is 7.60. The van der Waals surface area contributed by atoms with Gasteiger partial charge in [0.2, 0.25) is 5.91 Å². The number of nitrogens with one attached hydrogen (secondary N) is 2. The molecule has 2 amide bonds. The number of amides is 2. The molecule has 1 aliphatic heterocycles. The zero-order valence-electron chi connectivity index (χ0n) is 18.0. The fourth-order valence-electron chi connectivity index (χ4n) is 3.06. The Balaban J connectivity index is 1.61. The second-order valence-corrected chi connectivity index (χ2v) is 8.10. The highest BCUT2D eigenvalue weighted by atomic mass is 79.9. The monoisotopic (exact) mass is 517 g/mol. The fourth-order valence-corrected chi connectivity index (χ4v) is 3.50. The van der Waals surface area contributed by atoms with Gasteiger partial charge in [0, 0.05) is 18.5 Å². The summed E-state index contributed by atoms with van der Waals surface area (Å²) in [7, 11) is 0. The summed E-state index contributed by atoms with van der Waals surface area (Å²) in [6, 6.07) is 14.6. The van der Waals surface area contributed by atoms with Crippen LogP contribution in [0, 0.1) is 0 Å². The van der Waals surface area contributed by atoms with Crippen molar-refractivity contribution < 1.29 is 28.7 Å². The number of carbonyl (C=O) groups excluding carboxylic acids is 3. The van der Waals surface area contributed by atoms with Crippen LogP contribution in [0.2, 0.25) is 0 Å². The van der Waals surface area contributed by atoms with Crippen LogP contribution in [-0.4, -0.2) is 41.3 Å². The van der Waals surface area contributed by atoms with Gasteiger partial charge >= 0.3 is 12.1 Å². The van der Waals surface area contributed by atoms with Gasteiger partial charge in [-0.25, -0.2) is 9.59 Å². The molecular formula is C23H24BrN3O6. The lowest BCUT2D eigenvalue weighted by Crippen LogP contribution is -2.45. The summed E-state index contributed by atoms with van der Waals surface area (Å²) < 4.78 is 10.8. The molecule has 0 bridgehead atoms. The first-order chi connectivity index (χ1) is 15.9. The summed E-state index contributed by atoms with van der Waals surface area (Å²) in [5, 5.41) is 9.16. The maximum absolute atomic E-state index is 12.9. The van der Waals surface area contributed by atoms with Crippen LogP contribution >= 0.6 is 15.9 Å². The fraction of sp³-hybridized carbons (Fsp3) is 0.304. The maximum atomic E-state index is 12.9. The standard InChI is InChI=1S/C23H24BrN3O6/c1-2-31-22(29)16-8-10-17(11-9-16)25-21(28)19(12-18-13-20(24)27-33-18)26-23(30)32-14-15-6-4-3-5-7-15/h3-11,18-19H,2,12-14H2,1H3,(H,25,28)(H,26,30)/t18?,19-/m0/s1. The Morgan fingerprint density at radius 1 is 1.12 bits per heavy atom. The number of benzene rings is 2. The zero-order chi connectivity index (χ0) is 23.6. The Hall–Kier alpha value is -3.40. The van der Waals surface area contributed by atoms with Crippen LogP contribution in [-0.2, 0) is 25.7 Å². The van der Waals surface area contributed by atoms with E-state index in [0.717, 1.165) is 5.56 Å². The van der Waals surface area contributed by atoms with E-state index in [1.165, 1.54) is 0 Å². The van der Waals surface area contributed by atoms with Crippen molar-refractivity contribution in [3.63, 3.8) is 0 Å². The van der Waals surface area contributed by atoms with Gasteiger partial charge < -0.3 is 24.9 Å². The molecule has 33 heavy (non-hydrogen) atoms. The van der Waals surface area contributed by atoms with E-state index in [9.17, 15) is 14.4 Å². The van der Waals surface area contributed by atoms with Gasteiger partial charge in [-0.2, -0.15) is 0 Å². The molecule has 0 saturated carbocycles. The van der Waals surface area contributed by atoms with Gasteiger partial charge in [0.25, 0.3) is 0 Å². The summed E-state index contributed by atoms with van der Waals surface area (Å²) in [4.78, 5) is 42.4. The average Bonchev–Trinajstić information content (AvgIpc) is 3.23. The van der Waals surface area contributed by atoms with Crippen LogP contribution in [0.5, 0.6) is 0 Å². The highest BCUT2D eigenvalue weighted by molar-refractivity contribution is 9.18. The van der Waals surface area contributed by atoms with E-state index in [-0.39, 0.29) is 25.7 Å². The summed E-state index contributed by atoms with van der Waals surface area (Å²) in [6.45, 7) is 2.07. The van der Waals surface area contributed by atoms with Gasteiger partial charge in [0.05, 0.1) is 12.2 Å². The molecule has 0 spiro atoms. The van der Waals surface area contributed by atoms with Crippen LogP contribution in [0.1, 0.15) is 35.7 Å². The number of rotatable bonds is 9. The number of ether oxygens (including phenoxy) is 2. The van der Waals surface area contributed by atoms with E-state index in [4.69, 9.17) is 14.3 Å². The smallest absolute Gasteiger partial charge is 0.408 e. The first kappa shape index (κ1) is 24.2. The third-order valence-electron chi connectivity index (χ3n) is 4.68. The molecule has 0 aromatic heterocycles. The predicted octanol–water partition coefficient (Wildman–Crippen LogP) is 3.98. The molecule has 2 atom stereocenters. The van der Waals surface area contributed by atoms with E-state index in [2.05, 4.69) is 31.7 Å². The molecule has 0 aliphatic carbocycles. The molecule has 3 rings (SSSR count). The van der Waals surface area contributed by atoms with E-state index in [1.54, 1.807) is 31.2 Å². The van der Waals surface area contributed by atoms with Gasteiger partial charge in [0.15, 0.2) is 0 Å². The third-order valence-corrected chi connectivity index (χ3v) is 5.15. The number of halogens is 1. The van der Waals surface area contributed by atoms with Crippen molar-refractivity contribution in [3.8, 4) is 0 Å². The number of hydrogen-bond acceptors (Lipinski definition) is 7. The molecular weight excluding hydrogens is 494 g/mol. The van der Waals surface area contributed by atoms with E-state index in [1.807, 2.05) is 30.3 Å². The number of oxime groups is 1. The van der Waals surface area contributed by atoms with Crippen LogP contribution in [0.3, 0.4) is 0 Å². The minimum atomic E-state index is -0.934. The van der Waals surface area contributed by atoms with Gasteiger partial charge in [-0.15, -0.1) is 0 Å². The Morgan fingerprint density at radius 3 is 2.48 bits per heavy atom. The lowest BCUT2D eigenvalue weighted by atomic mass is 10.1. The van der Waals surface area contributed by atoms with Crippen molar-refractivity contribution >= 4 is 44.2 Å². The van der Waals surface area contributed by atoms with E-state index in [0.29, 0.717) is 22.3 Å². The van der Waals surface area contributed by atoms with E-state index < -0.39 is 24.0 Å². The van der Waals surface area contributed by atoms with Gasteiger partial charge in [-0.3, -0.25) is 4.79 Å². The first-order valence-electron chi connectivity index (χ1n) is 10.4. The van der Waals surface area contributed by atoms with Crippen LogP contribution in [0.25, 0.3) is 0 Å². The molecule has 1 unspecified atom stereocenters. The van der Waals surface area contributed by atoms with Crippen molar-refractivity contribution in [2.45, 2.75) is 38.5 Å². The summed E-state index contributed by atoms with van der Waals surface area (Å²) >= 11 is 3.27. The summed E-state index contributed by atoms with van der Waals surface area (Å²) in [5.41, 5.74) is 1.66. The molecule has 0 fully saturated rings. The minimum absolute atomic E-state index is 0.0743. The van der Waals surface area contributed by atoms with Crippen LogP contribution in [0.4, 0.5) is 10.5 Å². The van der Waals surface area contributed by atoms with Crippen molar-refractivity contribution in [3.05, 3.63) is 65.7 Å². The number of esters is 1. The molecule has 2 aromatic rings. The normalized spacial score (nSPS) is 15.6. The minimum Gasteiger partial charge on any atom is -0.462 e. The summed E-state index contributed by atoms with van der Waals surface area (Å²) in [6.07, 6.45) is -0.435. The highest BCUT2D eigenvalue weighted by Crippen LogP contribution is 2.20. The topological polar surface area (TPSA) is 115 Å². The summed E-state index contributed by atoms with van der Waals surface area (Å²) in [5.74, 6) is -0.901. The maximum Gasteiger partial charge on any atom is 0.408 e. The number of nitrogens with zero attached hydrogens (tertiary/aromatic N) is 1. The molecule has 1 aliphatic rings. The van der Waals surface area contributed by atoms with Crippen molar-refractivity contribution in [2.24, 2.45) is 5.16 Å². The second-order valence-electron chi connectivity index (χ2n) is 7.18. The van der Waals surface area contributed by atoms with Crippen LogP contribution in [0.15, 0.2) is 59.8 Å². The van der Waals surface area contributed by atoms with Crippen molar-refractivity contribution in [1.29, 1.82) is 0 Å². The first-order valence-corrected chi connectivity index (χ1v) is 11.2. The van der Waals surface area contributed by atoms with Gasteiger partial charge in [-0.05, 0) is 52.7 Å². The SMILES string of the molecule is CCOC(=O)c1ccc(NC(=O)[C@H](CC2CC(Br)=NO2)NC(=O)OCc2ccccc2)cc1. The Labute approximate surface area is 199 Å². The average molecular weight is 518 g/mol.